The standard InChI is InChI=1S/C19H21N5O3/c1-13-5-7-14(8-6-13)26-12-17-21-18(23-27-17)16-4-2-3-11-24(16)19(25)15-9-10-20-22-15/h5-10,16H,2-4,11-12H2,1H3,(H,20,22). The van der Waals surface area contributed by atoms with Gasteiger partial charge in [-0.15, -0.1) is 0 Å². The Morgan fingerprint density at radius 1 is 1.30 bits per heavy atom. The lowest BCUT2D eigenvalue weighted by Crippen LogP contribution is -2.39. The predicted molar refractivity (Wildman–Crippen MR) is 96.0 cm³/mol. The molecule has 8 nitrogen and oxygen atoms in total. The van der Waals surface area contributed by atoms with Gasteiger partial charge in [-0.2, -0.15) is 10.1 Å². The highest BCUT2D eigenvalue weighted by Gasteiger charge is 2.32. The maximum Gasteiger partial charge on any atom is 0.272 e. The highest BCUT2D eigenvalue weighted by atomic mass is 16.5. The first kappa shape index (κ1) is 17.3. The number of nitrogens with one attached hydrogen (secondary N) is 1. The summed E-state index contributed by atoms with van der Waals surface area (Å²) >= 11 is 0. The molecule has 0 bridgehead atoms. The molecule has 1 atom stereocenters. The van der Waals surface area contributed by atoms with Gasteiger partial charge in [-0.1, -0.05) is 22.9 Å². The summed E-state index contributed by atoms with van der Waals surface area (Å²) < 4.78 is 11.0. The second-order valence-electron chi connectivity index (χ2n) is 6.63. The second-order valence-corrected chi connectivity index (χ2v) is 6.63. The number of hydrogen-bond donors (Lipinski definition) is 1. The quantitative estimate of drug-likeness (QED) is 0.744. The van der Waals surface area contributed by atoms with Gasteiger partial charge in [0.1, 0.15) is 11.4 Å². The van der Waals surface area contributed by atoms with Gasteiger partial charge in [0.15, 0.2) is 12.4 Å². The molecule has 1 unspecified atom stereocenters. The largest absolute Gasteiger partial charge is 0.484 e. The van der Waals surface area contributed by atoms with Crippen LogP contribution in [-0.4, -0.2) is 37.7 Å². The topological polar surface area (TPSA) is 97.1 Å². The van der Waals surface area contributed by atoms with Crippen LogP contribution in [0.5, 0.6) is 5.75 Å². The van der Waals surface area contributed by atoms with Gasteiger partial charge in [-0.05, 0) is 44.4 Å². The van der Waals surface area contributed by atoms with Crippen molar-refractivity contribution in [1.29, 1.82) is 0 Å². The molecular weight excluding hydrogens is 346 g/mol. The van der Waals surface area contributed by atoms with Crippen LogP contribution >= 0.6 is 0 Å². The van der Waals surface area contributed by atoms with E-state index in [0.717, 1.165) is 25.0 Å². The van der Waals surface area contributed by atoms with Crippen LogP contribution in [0.1, 0.15) is 53.1 Å². The van der Waals surface area contributed by atoms with Crippen molar-refractivity contribution in [2.75, 3.05) is 6.54 Å². The van der Waals surface area contributed by atoms with Crippen LogP contribution in [0, 0.1) is 6.92 Å². The Bertz CT molecular complexity index is 888. The lowest BCUT2D eigenvalue weighted by molar-refractivity contribution is 0.0590. The number of aromatic nitrogens is 4. The van der Waals surface area contributed by atoms with Gasteiger partial charge < -0.3 is 14.2 Å². The summed E-state index contributed by atoms with van der Waals surface area (Å²) in [5.74, 6) is 1.56. The van der Waals surface area contributed by atoms with Crippen LogP contribution in [0.3, 0.4) is 0 Å². The van der Waals surface area contributed by atoms with Crippen LogP contribution in [0.25, 0.3) is 0 Å². The minimum absolute atomic E-state index is 0.0977. The minimum atomic E-state index is -0.202. The molecule has 1 amide bonds. The normalized spacial score (nSPS) is 17.1. The Kier molecular flexibility index (Phi) is 4.86. The number of carbonyl (C=O) groups is 1. The number of amides is 1. The van der Waals surface area contributed by atoms with Crippen LogP contribution in [0.2, 0.25) is 0 Å². The van der Waals surface area contributed by atoms with Gasteiger partial charge in [0.2, 0.25) is 0 Å². The molecule has 0 radical (unpaired) electrons. The molecule has 1 fully saturated rings. The Balaban J connectivity index is 1.45. The Labute approximate surface area is 156 Å². The number of nitrogens with zero attached hydrogens (tertiary/aromatic N) is 4. The molecule has 0 aliphatic carbocycles. The average molecular weight is 367 g/mol. The van der Waals surface area contributed by atoms with E-state index in [1.807, 2.05) is 31.2 Å². The molecule has 1 aliphatic rings. The summed E-state index contributed by atoms with van der Waals surface area (Å²) in [7, 11) is 0. The minimum Gasteiger partial charge on any atom is -0.484 e. The molecule has 3 heterocycles. The number of hydrogen-bond acceptors (Lipinski definition) is 6. The molecule has 1 saturated heterocycles. The van der Waals surface area contributed by atoms with E-state index >= 15 is 0 Å². The van der Waals surface area contributed by atoms with Crippen molar-refractivity contribution in [1.82, 2.24) is 25.2 Å². The number of H-pyrrole nitrogens is 1. The molecule has 1 aromatic carbocycles. The van der Waals surface area contributed by atoms with Gasteiger partial charge in [-0.3, -0.25) is 9.89 Å². The fourth-order valence-corrected chi connectivity index (χ4v) is 3.21. The Morgan fingerprint density at radius 3 is 2.93 bits per heavy atom. The van der Waals surface area contributed by atoms with E-state index in [1.54, 1.807) is 17.2 Å². The monoisotopic (exact) mass is 367 g/mol. The lowest BCUT2D eigenvalue weighted by atomic mass is 10.0. The molecule has 8 heteroatoms. The molecule has 27 heavy (non-hydrogen) atoms. The third-order valence-electron chi connectivity index (χ3n) is 4.66. The zero-order valence-electron chi connectivity index (χ0n) is 15.1. The summed E-state index contributed by atoms with van der Waals surface area (Å²) in [4.78, 5) is 19.0. The van der Waals surface area contributed by atoms with Gasteiger partial charge >= 0.3 is 0 Å². The van der Waals surface area contributed by atoms with Crippen LogP contribution in [0.15, 0.2) is 41.1 Å². The molecule has 1 N–H and O–H groups in total. The number of piperidine rings is 1. The van der Waals surface area contributed by atoms with E-state index in [1.165, 1.54) is 5.56 Å². The number of carbonyl (C=O) groups excluding carboxylic acids is 1. The summed E-state index contributed by atoms with van der Waals surface area (Å²) in [6.07, 6.45) is 4.34. The molecule has 1 aliphatic heterocycles. The van der Waals surface area contributed by atoms with Gasteiger partial charge in [-0.25, -0.2) is 0 Å². The zero-order chi connectivity index (χ0) is 18.6. The molecule has 4 rings (SSSR count). The van der Waals surface area contributed by atoms with E-state index in [2.05, 4.69) is 20.3 Å². The number of rotatable bonds is 5. The highest BCUT2D eigenvalue weighted by molar-refractivity contribution is 5.92. The third kappa shape index (κ3) is 3.84. The van der Waals surface area contributed by atoms with E-state index in [0.29, 0.717) is 24.0 Å². The predicted octanol–water partition coefficient (Wildman–Crippen LogP) is 3.05. The average Bonchev–Trinajstić information content (AvgIpc) is 3.39. The first-order valence-electron chi connectivity index (χ1n) is 9.03. The zero-order valence-corrected chi connectivity index (χ0v) is 15.1. The summed E-state index contributed by atoms with van der Waals surface area (Å²) in [5.41, 5.74) is 1.63. The van der Waals surface area contributed by atoms with Crippen molar-refractivity contribution in [3.05, 3.63) is 59.5 Å². The molecule has 140 valence electrons. The second kappa shape index (κ2) is 7.61. The highest BCUT2D eigenvalue weighted by Crippen LogP contribution is 2.30. The van der Waals surface area contributed by atoms with Crippen molar-refractivity contribution >= 4 is 5.91 Å². The van der Waals surface area contributed by atoms with Gasteiger partial charge in [0, 0.05) is 12.7 Å². The van der Waals surface area contributed by atoms with Crippen LogP contribution in [0.4, 0.5) is 0 Å². The number of likely N-dealkylation sites (tertiary alicyclic amines) is 1. The molecular formula is C19H21N5O3. The third-order valence-corrected chi connectivity index (χ3v) is 4.66. The van der Waals surface area contributed by atoms with Crippen molar-refractivity contribution in [2.24, 2.45) is 0 Å². The first-order valence-corrected chi connectivity index (χ1v) is 9.03. The summed E-state index contributed by atoms with van der Waals surface area (Å²) in [5, 5.41) is 10.7. The van der Waals surface area contributed by atoms with E-state index in [-0.39, 0.29) is 18.6 Å². The van der Waals surface area contributed by atoms with Crippen molar-refractivity contribution in [2.45, 2.75) is 38.8 Å². The number of ether oxygens (including phenoxy) is 1. The van der Waals surface area contributed by atoms with Crippen LogP contribution in [-0.2, 0) is 6.61 Å². The maximum atomic E-state index is 12.7. The number of aryl methyl sites for hydroxylation is 1. The molecule has 2 aromatic heterocycles. The number of benzene rings is 1. The van der Waals surface area contributed by atoms with E-state index in [9.17, 15) is 4.79 Å². The SMILES string of the molecule is Cc1ccc(OCc2nc(C3CCCCN3C(=O)c3ccn[nH]3)no2)cc1. The van der Waals surface area contributed by atoms with Gasteiger partial charge in [0.05, 0.1) is 6.04 Å². The molecule has 0 saturated carbocycles. The van der Waals surface area contributed by atoms with Crippen molar-refractivity contribution < 1.29 is 14.1 Å². The van der Waals surface area contributed by atoms with Crippen molar-refractivity contribution in [3.8, 4) is 5.75 Å². The van der Waals surface area contributed by atoms with E-state index in [4.69, 9.17) is 9.26 Å². The Hall–Kier alpha value is -3.16. The first-order chi connectivity index (χ1) is 13.2. The van der Waals surface area contributed by atoms with Crippen molar-refractivity contribution in [3.63, 3.8) is 0 Å². The van der Waals surface area contributed by atoms with Crippen LogP contribution < -0.4 is 4.74 Å². The molecule has 0 spiro atoms. The summed E-state index contributed by atoms with van der Waals surface area (Å²) in [6, 6.07) is 9.24. The fraction of sp³-hybridized carbons (Fsp3) is 0.368. The number of aromatic amines is 1. The Morgan fingerprint density at radius 2 is 2.15 bits per heavy atom. The lowest BCUT2D eigenvalue weighted by Gasteiger charge is -2.33. The smallest absolute Gasteiger partial charge is 0.272 e. The fourth-order valence-electron chi connectivity index (χ4n) is 3.21. The van der Waals surface area contributed by atoms with Gasteiger partial charge in [0.25, 0.3) is 11.8 Å². The maximum absolute atomic E-state index is 12.7. The van der Waals surface area contributed by atoms with E-state index < -0.39 is 0 Å². The summed E-state index contributed by atoms with van der Waals surface area (Å²) in [6.45, 7) is 2.87. The molecule has 3 aromatic rings.